The van der Waals surface area contributed by atoms with Crippen molar-refractivity contribution in [3.8, 4) is 0 Å². The van der Waals surface area contributed by atoms with Crippen molar-refractivity contribution in [1.29, 1.82) is 0 Å². The summed E-state index contributed by atoms with van der Waals surface area (Å²) in [4.78, 5) is 0. The quantitative estimate of drug-likeness (QED) is 0.528. The second kappa shape index (κ2) is 7.44. The van der Waals surface area contributed by atoms with Crippen LogP contribution in [0.5, 0.6) is 0 Å². The number of rotatable bonds is 8. The van der Waals surface area contributed by atoms with Crippen molar-refractivity contribution in [2.24, 2.45) is 0 Å². The summed E-state index contributed by atoms with van der Waals surface area (Å²) in [7, 11) is -1.63. The highest BCUT2D eigenvalue weighted by molar-refractivity contribution is 7.89. The Kier molecular flexibility index (Phi) is 7.52. The van der Waals surface area contributed by atoms with Gasteiger partial charge in [-0.3, -0.25) is 0 Å². The Morgan fingerprint density at radius 2 is 2.00 bits per heavy atom. The summed E-state index contributed by atoms with van der Waals surface area (Å²) in [6.45, 7) is 4.12. The second-order valence-electron chi connectivity index (χ2n) is 3.70. The number of ether oxygens (including phenoxy) is 1. The Morgan fingerprint density at radius 3 is 2.47 bits per heavy atom. The van der Waals surface area contributed by atoms with Crippen molar-refractivity contribution in [1.82, 2.24) is 4.72 Å². The van der Waals surface area contributed by atoms with Gasteiger partial charge in [-0.15, -0.1) is 11.6 Å². The highest BCUT2D eigenvalue weighted by atomic mass is 35.5. The molecule has 0 bridgehead atoms. The molecule has 0 aliphatic carbocycles. The van der Waals surface area contributed by atoms with E-state index in [-0.39, 0.29) is 17.2 Å². The zero-order valence-electron chi connectivity index (χ0n) is 9.49. The van der Waals surface area contributed by atoms with E-state index < -0.39 is 10.0 Å². The predicted octanol–water partition coefficient (Wildman–Crippen LogP) is 1.35. The third-order valence-electron chi connectivity index (χ3n) is 1.82. The van der Waals surface area contributed by atoms with Crippen LogP contribution in [-0.4, -0.2) is 39.3 Å². The van der Waals surface area contributed by atoms with E-state index in [0.717, 1.165) is 0 Å². The van der Waals surface area contributed by atoms with Crippen LogP contribution in [0.25, 0.3) is 0 Å². The van der Waals surface area contributed by atoms with Gasteiger partial charge in [0, 0.05) is 25.1 Å². The Bertz CT molecular complexity index is 254. The van der Waals surface area contributed by atoms with Crippen LogP contribution in [0.3, 0.4) is 0 Å². The molecule has 6 heteroatoms. The number of hydrogen-bond donors (Lipinski definition) is 1. The van der Waals surface area contributed by atoms with E-state index in [1.165, 1.54) is 0 Å². The molecule has 0 aliphatic heterocycles. The molecule has 0 aliphatic rings. The Balaban J connectivity index is 3.91. The minimum Gasteiger partial charge on any atom is -0.385 e. The zero-order chi connectivity index (χ0) is 11.9. The first-order valence-electron chi connectivity index (χ1n) is 5.00. The molecule has 0 aromatic carbocycles. The van der Waals surface area contributed by atoms with E-state index in [9.17, 15) is 8.42 Å². The number of methoxy groups -OCH3 is 1. The maximum atomic E-state index is 11.5. The highest BCUT2D eigenvalue weighted by Crippen LogP contribution is 2.05. The van der Waals surface area contributed by atoms with Crippen molar-refractivity contribution in [2.45, 2.75) is 38.1 Å². The summed E-state index contributed by atoms with van der Waals surface area (Å²) in [6, 6.07) is -0.120. The fourth-order valence-corrected chi connectivity index (χ4v) is 2.89. The number of nitrogens with one attached hydrogen (secondary N) is 1. The molecule has 2 atom stereocenters. The Hall–Kier alpha value is 0.160. The molecular formula is C9H20ClNO3S. The van der Waals surface area contributed by atoms with E-state index in [4.69, 9.17) is 16.3 Å². The van der Waals surface area contributed by atoms with Gasteiger partial charge in [0.25, 0.3) is 0 Å². The van der Waals surface area contributed by atoms with Gasteiger partial charge < -0.3 is 4.74 Å². The van der Waals surface area contributed by atoms with Gasteiger partial charge in [-0.1, -0.05) is 0 Å². The largest absolute Gasteiger partial charge is 0.385 e. The lowest BCUT2D eigenvalue weighted by atomic mass is 10.2. The molecule has 0 fully saturated rings. The maximum Gasteiger partial charge on any atom is 0.211 e. The van der Waals surface area contributed by atoms with Crippen LogP contribution in [0.2, 0.25) is 0 Å². The van der Waals surface area contributed by atoms with E-state index in [0.29, 0.717) is 19.4 Å². The predicted molar refractivity (Wildman–Crippen MR) is 62.8 cm³/mol. The molecule has 15 heavy (non-hydrogen) atoms. The van der Waals surface area contributed by atoms with Gasteiger partial charge in [-0.05, 0) is 26.7 Å². The summed E-state index contributed by atoms with van der Waals surface area (Å²) >= 11 is 5.77. The third-order valence-corrected chi connectivity index (χ3v) is 3.59. The molecule has 2 unspecified atom stereocenters. The van der Waals surface area contributed by atoms with E-state index in [1.54, 1.807) is 7.11 Å². The molecule has 4 nitrogen and oxygen atoms in total. The summed E-state index contributed by atoms with van der Waals surface area (Å²) in [5.41, 5.74) is 0. The van der Waals surface area contributed by atoms with Crippen LogP contribution >= 0.6 is 11.6 Å². The molecule has 0 aromatic heterocycles. The van der Waals surface area contributed by atoms with Gasteiger partial charge in [0.05, 0.1) is 5.75 Å². The molecule has 0 rings (SSSR count). The minimum absolute atomic E-state index is 0.0262. The monoisotopic (exact) mass is 257 g/mol. The zero-order valence-corrected chi connectivity index (χ0v) is 11.1. The smallest absolute Gasteiger partial charge is 0.211 e. The lowest BCUT2D eigenvalue weighted by Crippen LogP contribution is -2.35. The maximum absolute atomic E-state index is 11.5. The van der Waals surface area contributed by atoms with Crippen LogP contribution in [0.15, 0.2) is 0 Å². The number of alkyl halides is 1. The van der Waals surface area contributed by atoms with Crippen LogP contribution in [0.1, 0.15) is 26.7 Å². The van der Waals surface area contributed by atoms with Crippen molar-refractivity contribution in [3.05, 3.63) is 0 Å². The Labute approximate surface area is 97.4 Å². The molecule has 1 N–H and O–H groups in total. The van der Waals surface area contributed by atoms with E-state index in [2.05, 4.69) is 4.72 Å². The first-order valence-corrected chi connectivity index (χ1v) is 7.09. The average molecular weight is 258 g/mol. The topological polar surface area (TPSA) is 55.4 Å². The second-order valence-corrected chi connectivity index (χ2v) is 6.32. The first-order chi connectivity index (χ1) is 6.87. The number of halogens is 1. The highest BCUT2D eigenvalue weighted by Gasteiger charge is 2.15. The van der Waals surface area contributed by atoms with Gasteiger partial charge in [0.1, 0.15) is 0 Å². The van der Waals surface area contributed by atoms with E-state index in [1.807, 2.05) is 13.8 Å². The van der Waals surface area contributed by atoms with Crippen molar-refractivity contribution < 1.29 is 13.2 Å². The van der Waals surface area contributed by atoms with Crippen molar-refractivity contribution in [2.75, 3.05) is 19.5 Å². The molecule has 0 saturated carbocycles. The number of hydrogen-bond acceptors (Lipinski definition) is 3. The van der Waals surface area contributed by atoms with Crippen LogP contribution in [-0.2, 0) is 14.8 Å². The molecule has 0 saturated heterocycles. The first kappa shape index (κ1) is 15.2. The molecular weight excluding hydrogens is 238 g/mol. The van der Waals surface area contributed by atoms with Gasteiger partial charge in [0.2, 0.25) is 10.0 Å². The summed E-state index contributed by atoms with van der Waals surface area (Å²) in [5, 5.41) is -0.0262. The van der Waals surface area contributed by atoms with Crippen LogP contribution in [0, 0.1) is 0 Å². The van der Waals surface area contributed by atoms with Gasteiger partial charge in [-0.25, -0.2) is 13.1 Å². The normalized spacial score (nSPS) is 16.3. The minimum atomic E-state index is -3.19. The van der Waals surface area contributed by atoms with E-state index >= 15 is 0 Å². The summed E-state index contributed by atoms with van der Waals surface area (Å²) in [6.07, 6.45) is 1.14. The van der Waals surface area contributed by atoms with Gasteiger partial charge >= 0.3 is 0 Å². The lowest BCUT2D eigenvalue weighted by Gasteiger charge is -2.15. The molecule has 0 spiro atoms. The van der Waals surface area contributed by atoms with Gasteiger partial charge in [0.15, 0.2) is 0 Å². The molecule has 92 valence electrons. The van der Waals surface area contributed by atoms with Gasteiger partial charge in [-0.2, -0.15) is 0 Å². The number of sulfonamides is 1. The lowest BCUT2D eigenvalue weighted by molar-refractivity contribution is 0.199. The fraction of sp³-hybridized carbons (Fsp3) is 1.00. The fourth-order valence-electron chi connectivity index (χ4n) is 1.29. The van der Waals surface area contributed by atoms with Crippen molar-refractivity contribution in [3.63, 3.8) is 0 Å². The standard InChI is InChI=1S/C9H20ClNO3S/c1-8(10)7-9(2)11-15(12,13)6-4-5-14-3/h8-9,11H,4-7H2,1-3H3. The van der Waals surface area contributed by atoms with Crippen LogP contribution in [0.4, 0.5) is 0 Å². The summed E-state index contributed by atoms with van der Waals surface area (Å²) in [5.74, 6) is 0.0991. The summed E-state index contributed by atoms with van der Waals surface area (Å²) < 4.78 is 30.3. The molecule has 0 amide bonds. The Morgan fingerprint density at radius 1 is 1.40 bits per heavy atom. The molecule has 0 heterocycles. The van der Waals surface area contributed by atoms with Crippen molar-refractivity contribution >= 4 is 21.6 Å². The average Bonchev–Trinajstić information content (AvgIpc) is 2.00. The van der Waals surface area contributed by atoms with Crippen LogP contribution < -0.4 is 4.72 Å². The molecule has 0 radical (unpaired) electrons. The third kappa shape index (κ3) is 9.11. The SMILES string of the molecule is COCCCS(=O)(=O)NC(C)CC(C)Cl. The molecule has 0 aromatic rings.